The Balaban J connectivity index is 0.00000529. The van der Waals surface area contributed by atoms with Gasteiger partial charge in [0.05, 0.1) is 6.54 Å². The van der Waals surface area contributed by atoms with Gasteiger partial charge < -0.3 is 15.4 Å². The lowest BCUT2D eigenvalue weighted by Crippen LogP contribution is -2.41. The van der Waals surface area contributed by atoms with Gasteiger partial charge in [0.25, 0.3) is 0 Å². The summed E-state index contributed by atoms with van der Waals surface area (Å²) in [4.78, 5) is 5.60. The highest BCUT2D eigenvalue weighted by atomic mass is 127. The summed E-state index contributed by atoms with van der Waals surface area (Å²) in [6, 6.07) is 0. The molecule has 0 spiro atoms. The number of unbranched alkanes of at least 4 members (excludes halogenated alkanes) is 1. The molecular formula is C15H30F3IN4O. The highest BCUT2D eigenvalue weighted by Crippen LogP contribution is 2.22. The molecule has 0 amide bonds. The second kappa shape index (κ2) is 13.0. The molecule has 1 rings (SSSR count). The van der Waals surface area contributed by atoms with Crippen LogP contribution in [0.4, 0.5) is 13.2 Å². The predicted molar refractivity (Wildman–Crippen MR) is 101 cm³/mol. The lowest BCUT2D eigenvalue weighted by molar-refractivity contribution is -0.143. The van der Waals surface area contributed by atoms with Gasteiger partial charge >= 0.3 is 6.18 Å². The molecule has 0 aliphatic carbocycles. The molecule has 0 aromatic rings. The van der Waals surface area contributed by atoms with Crippen LogP contribution in [0.1, 0.15) is 26.2 Å². The number of ether oxygens (including phenoxy) is 1. The van der Waals surface area contributed by atoms with E-state index in [-0.39, 0.29) is 29.9 Å². The zero-order valence-electron chi connectivity index (χ0n) is 14.5. The van der Waals surface area contributed by atoms with Gasteiger partial charge in [0.1, 0.15) is 0 Å². The van der Waals surface area contributed by atoms with Gasteiger partial charge in [-0.3, -0.25) is 9.89 Å². The maximum atomic E-state index is 12.4. The second-order valence-electron chi connectivity index (χ2n) is 5.79. The lowest BCUT2D eigenvalue weighted by atomic mass is 10.1. The quantitative estimate of drug-likeness (QED) is 0.237. The maximum Gasteiger partial charge on any atom is 0.401 e. The maximum absolute atomic E-state index is 12.4. The molecule has 2 N–H and O–H groups in total. The van der Waals surface area contributed by atoms with Gasteiger partial charge in [0.15, 0.2) is 5.96 Å². The molecule has 0 bridgehead atoms. The fourth-order valence-electron chi connectivity index (χ4n) is 2.62. The van der Waals surface area contributed by atoms with Gasteiger partial charge in [-0.05, 0) is 38.6 Å². The summed E-state index contributed by atoms with van der Waals surface area (Å²) in [7, 11) is 1.69. The van der Waals surface area contributed by atoms with E-state index in [0.717, 1.165) is 39.0 Å². The minimum atomic E-state index is -4.11. The van der Waals surface area contributed by atoms with Crippen molar-refractivity contribution < 1.29 is 17.9 Å². The van der Waals surface area contributed by atoms with E-state index >= 15 is 0 Å². The molecule has 0 aromatic heterocycles. The third-order valence-corrected chi connectivity index (χ3v) is 3.77. The first-order valence-corrected chi connectivity index (χ1v) is 8.26. The zero-order valence-corrected chi connectivity index (χ0v) is 16.8. The predicted octanol–water partition coefficient (Wildman–Crippen LogP) is 2.47. The van der Waals surface area contributed by atoms with Crippen LogP contribution < -0.4 is 10.6 Å². The van der Waals surface area contributed by atoms with Crippen LogP contribution >= 0.6 is 24.0 Å². The van der Waals surface area contributed by atoms with Crippen LogP contribution in [-0.4, -0.2) is 70.0 Å². The summed E-state index contributed by atoms with van der Waals surface area (Å²) >= 11 is 0. The molecule has 1 atom stereocenters. The Labute approximate surface area is 159 Å². The smallest absolute Gasteiger partial charge is 0.382 e. The molecule has 0 radical (unpaired) electrons. The summed E-state index contributed by atoms with van der Waals surface area (Å²) in [5, 5.41) is 6.41. The van der Waals surface area contributed by atoms with Crippen LogP contribution in [0.2, 0.25) is 0 Å². The monoisotopic (exact) mass is 466 g/mol. The van der Waals surface area contributed by atoms with E-state index in [1.54, 1.807) is 7.05 Å². The van der Waals surface area contributed by atoms with Gasteiger partial charge in [-0.15, -0.1) is 24.0 Å². The minimum Gasteiger partial charge on any atom is -0.382 e. The number of hydrogen-bond donors (Lipinski definition) is 2. The summed E-state index contributed by atoms with van der Waals surface area (Å²) in [6.45, 7) is 5.11. The molecule has 1 aliphatic heterocycles. The molecule has 1 saturated heterocycles. The topological polar surface area (TPSA) is 48.9 Å². The van der Waals surface area contributed by atoms with Crippen molar-refractivity contribution in [3.63, 3.8) is 0 Å². The number of nitrogens with one attached hydrogen (secondary N) is 2. The number of aliphatic imine (C=N–C) groups is 1. The van der Waals surface area contributed by atoms with Gasteiger partial charge in [0, 0.05) is 39.9 Å². The highest BCUT2D eigenvalue weighted by molar-refractivity contribution is 14.0. The molecule has 1 heterocycles. The second-order valence-corrected chi connectivity index (χ2v) is 5.79. The molecule has 0 aromatic carbocycles. The first kappa shape index (κ1) is 23.7. The van der Waals surface area contributed by atoms with Crippen molar-refractivity contribution in [2.75, 3.05) is 53.0 Å². The van der Waals surface area contributed by atoms with E-state index in [1.807, 2.05) is 6.92 Å². The average Bonchev–Trinajstić information content (AvgIpc) is 2.91. The zero-order chi connectivity index (χ0) is 17.1. The van der Waals surface area contributed by atoms with Crippen LogP contribution in [0.15, 0.2) is 4.99 Å². The number of nitrogens with zero attached hydrogens (tertiary/aromatic N) is 2. The van der Waals surface area contributed by atoms with Crippen molar-refractivity contribution >= 4 is 29.9 Å². The summed E-state index contributed by atoms with van der Waals surface area (Å²) in [6.07, 6.45) is -1.34. The number of rotatable bonds is 9. The van der Waals surface area contributed by atoms with Gasteiger partial charge in [-0.1, -0.05) is 0 Å². The van der Waals surface area contributed by atoms with Crippen molar-refractivity contribution in [2.24, 2.45) is 10.9 Å². The van der Waals surface area contributed by atoms with E-state index in [1.165, 1.54) is 4.90 Å². The Morgan fingerprint density at radius 3 is 2.67 bits per heavy atom. The third kappa shape index (κ3) is 11.3. The van der Waals surface area contributed by atoms with Crippen LogP contribution in [0.3, 0.4) is 0 Å². The first-order chi connectivity index (χ1) is 10.9. The summed E-state index contributed by atoms with van der Waals surface area (Å²) < 4.78 is 42.3. The van der Waals surface area contributed by atoms with Crippen molar-refractivity contribution in [3.8, 4) is 0 Å². The molecule has 1 aliphatic rings. The Hall–Kier alpha value is -0.290. The Morgan fingerprint density at radius 2 is 2.04 bits per heavy atom. The fraction of sp³-hybridized carbons (Fsp3) is 0.933. The molecule has 24 heavy (non-hydrogen) atoms. The SMILES string of the molecule is CCOCCCCNC(=NC)NCC1CCN(CC(F)(F)F)C1.I. The van der Waals surface area contributed by atoms with E-state index in [9.17, 15) is 13.2 Å². The summed E-state index contributed by atoms with van der Waals surface area (Å²) in [5.41, 5.74) is 0. The normalized spacial score (nSPS) is 19.2. The number of likely N-dealkylation sites (tertiary alicyclic amines) is 1. The molecule has 9 heteroatoms. The van der Waals surface area contributed by atoms with Crippen LogP contribution in [-0.2, 0) is 4.74 Å². The van der Waals surface area contributed by atoms with Crippen LogP contribution in [0.5, 0.6) is 0 Å². The van der Waals surface area contributed by atoms with Crippen molar-refractivity contribution in [1.82, 2.24) is 15.5 Å². The standard InChI is InChI=1S/C15H29F3N4O.HI/c1-3-23-9-5-4-7-20-14(19-2)21-10-13-6-8-22(11-13)12-15(16,17)18;/h13H,3-12H2,1-2H3,(H2,19,20,21);1H. The largest absolute Gasteiger partial charge is 0.401 e. The molecule has 0 saturated carbocycles. The fourth-order valence-corrected chi connectivity index (χ4v) is 2.62. The van der Waals surface area contributed by atoms with E-state index in [4.69, 9.17) is 4.74 Å². The van der Waals surface area contributed by atoms with Gasteiger partial charge in [0.2, 0.25) is 0 Å². The summed E-state index contributed by atoms with van der Waals surface area (Å²) in [5.74, 6) is 0.935. The van der Waals surface area contributed by atoms with E-state index in [0.29, 0.717) is 25.6 Å². The third-order valence-electron chi connectivity index (χ3n) is 3.77. The van der Waals surface area contributed by atoms with Crippen LogP contribution in [0, 0.1) is 5.92 Å². The number of guanidine groups is 1. The van der Waals surface area contributed by atoms with Gasteiger partial charge in [-0.25, -0.2) is 0 Å². The Kier molecular flexibility index (Phi) is 12.8. The Bertz CT molecular complexity index is 356. The lowest BCUT2D eigenvalue weighted by Gasteiger charge is -2.18. The van der Waals surface area contributed by atoms with Crippen molar-refractivity contribution in [1.29, 1.82) is 0 Å². The molecule has 144 valence electrons. The van der Waals surface area contributed by atoms with Crippen molar-refractivity contribution in [2.45, 2.75) is 32.4 Å². The van der Waals surface area contributed by atoms with E-state index < -0.39 is 12.7 Å². The molecular weight excluding hydrogens is 436 g/mol. The van der Waals surface area contributed by atoms with Crippen LogP contribution in [0.25, 0.3) is 0 Å². The van der Waals surface area contributed by atoms with Gasteiger partial charge in [-0.2, -0.15) is 13.2 Å². The number of hydrogen-bond acceptors (Lipinski definition) is 3. The number of alkyl halides is 3. The number of halogens is 4. The van der Waals surface area contributed by atoms with E-state index in [2.05, 4.69) is 15.6 Å². The molecule has 5 nitrogen and oxygen atoms in total. The average molecular weight is 466 g/mol. The molecule has 1 fully saturated rings. The Morgan fingerprint density at radius 1 is 1.29 bits per heavy atom. The first-order valence-electron chi connectivity index (χ1n) is 8.26. The molecule has 1 unspecified atom stereocenters. The minimum absolute atomic E-state index is 0. The highest BCUT2D eigenvalue weighted by Gasteiger charge is 2.34. The van der Waals surface area contributed by atoms with Crippen molar-refractivity contribution in [3.05, 3.63) is 0 Å².